The Morgan fingerprint density at radius 2 is 1.88 bits per heavy atom. The van der Waals surface area contributed by atoms with Crippen molar-refractivity contribution in [2.24, 2.45) is 0 Å². The summed E-state index contributed by atoms with van der Waals surface area (Å²) >= 11 is 0. The molecule has 2 aromatic carbocycles. The van der Waals surface area contributed by atoms with Crippen LogP contribution in [0.2, 0.25) is 0 Å². The van der Waals surface area contributed by atoms with Gasteiger partial charge in [0.1, 0.15) is 11.6 Å². The third-order valence-electron chi connectivity index (χ3n) is 4.68. The third-order valence-corrected chi connectivity index (χ3v) is 4.68. The Morgan fingerprint density at radius 3 is 2.56 bits per heavy atom. The molecule has 0 saturated heterocycles. The minimum Gasteiger partial charge on any atom is -0.310 e. The second-order valence-electron chi connectivity index (χ2n) is 6.24. The van der Waals surface area contributed by atoms with Crippen molar-refractivity contribution in [1.82, 2.24) is 9.78 Å². The Kier molecular flexibility index (Phi) is 3.84. The number of hydrogen-bond acceptors (Lipinski definition) is 2. The van der Waals surface area contributed by atoms with Crippen LogP contribution in [0.25, 0.3) is 5.69 Å². The summed E-state index contributed by atoms with van der Waals surface area (Å²) < 4.78 is 14.8. The first-order valence-corrected chi connectivity index (χ1v) is 8.38. The van der Waals surface area contributed by atoms with Crippen LogP contribution >= 0.6 is 0 Å². The van der Waals surface area contributed by atoms with Gasteiger partial charge in [0, 0.05) is 17.9 Å². The topological polar surface area (TPSA) is 46.9 Å². The molecule has 0 bridgehead atoms. The highest BCUT2D eigenvalue weighted by Gasteiger charge is 2.30. The van der Waals surface area contributed by atoms with E-state index in [-0.39, 0.29) is 17.6 Å². The molecule has 4 rings (SSSR count). The number of hydrogen-bond donors (Lipinski definition) is 1. The maximum absolute atomic E-state index is 13.2. The molecule has 1 aliphatic heterocycles. The summed E-state index contributed by atoms with van der Waals surface area (Å²) in [6.45, 7) is 2.12. The number of rotatable bonds is 3. The summed E-state index contributed by atoms with van der Waals surface area (Å²) in [6.07, 6.45) is 3.17. The number of aromatic nitrogens is 2. The van der Waals surface area contributed by atoms with Gasteiger partial charge in [0.2, 0.25) is 5.91 Å². The van der Waals surface area contributed by atoms with E-state index in [4.69, 9.17) is 0 Å². The number of fused-ring (bicyclic) bond motifs is 1. The first-order chi connectivity index (χ1) is 12.2. The van der Waals surface area contributed by atoms with Crippen LogP contribution in [0.15, 0.2) is 54.7 Å². The summed E-state index contributed by atoms with van der Waals surface area (Å²) in [5.74, 6) is 0.292. The van der Waals surface area contributed by atoms with Crippen LogP contribution in [0.4, 0.5) is 10.2 Å². The Balaban J connectivity index is 1.76. The zero-order valence-electron chi connectivity index (χ0n) is 13.9. The average molecular weight is 335 g/mol. The normalized spacial score (nSPS) is 16.4. The molecule has 1 aliphatic rings. The van der Waals surface area contributed by atoms with Crippen molar-refractivity contribution in [3.63, 3.8) is 0 Å². The summed E-state index contributed by atoms with van der Waals surface area (Å²) in [6, 6.07) is 14.4. The lowest BCUT2D eigenvalue weighted by Gasteiger charge is -2.24. The number of nitrogens with one attached hydrogen (secondary N) is 1. The molecule has 0 radical (unpaired) electrons. The number of carbonyl (C=O) groups excluding carboxylic acids is 1. The van der Waals surface area contributed by atoms with Crippen molar-refractivity contribution in [1.29, 1.82) is 0 Å². The molecule has 0 aliphatic carbocycles. The van der Waals surface area contributed by atoms with Crippen LogP contribution < -0.4 is 5.32 Å². The Morgan fingerprint density at radius 1 is 1.16 bits per heavy atom. The molecule has 1 amide bonds. The molecule has 1 atom stereocenters. The van der Waals surface area contributed by atoms with E-state index in [1.165, 1.54) is 17.7 Å². The Hall–Kier alpha value is -2.95. The maximum atomic E-state index is 13.2. The molecule has 0 saturated carbocycles. The zero-order chi connectivity index (χ0) is 17.4. The molecule has 0 unspecified atom stereocenters. The molecule has 126 valence electrons. The van der Waals surface area contributed by atoms with Gasteiger partial charge >= 0.3 is 0 Å². The van der Waals surface area contributed by atoms with Crippen LogP contribution in [0.1, 0.15) is 36.0 Å². The Bertz CT molecular complexity index is 913. The van der Waals surface area contributed by atoms with Gasteiger partial charge in [-0.25, -0.2) is 9.07 Å². The molecular weight excluding hydrogens is 317 g/mol. The van der Waals surface area contributed by atoms with E-state index in [2.05, 4.69) is 41.6 Å². The second kappa shape index (κ2) is 6.16. The van der Waals surface area contributed by atoms with Gasteiger partial charge in [-0.15, -0.1) is 0 Å². The highest BCUT2D eigenvalue weighted by molar-refractivity contribution is 5.94. The molecule has 2 heterocycles. The molecule has 5 heteroatoms. The van der Waals surface area contributed by atoms with E-state index in [1.807, 2.05) is 0 Å². The van der Waals surface area contributed by atoms with E-state index in [0.717, 1.165) is 17.5 Å². The molecule has 3 aromatic rings. The summed E-state index contributed by atoms with van der Waals surface area (Å²) in [5, 5.41) is 7.33. The summed E-state index contributed by atoms with van der Waals surface area (Å²) in [4.78, 5) is 12.3. The fourth-order valence-electron chi connectivity index (χ4n) is 3.28. The largest absolute Gasteiger partial charge is 0.310 e. The van der Waals surface area contributed by atoms with Crippen LogP contribution in [0.3, 0.4) is 0 Å². The minimum atomic E-state index is -0.303. The number of aryl methyl sites for hydroxylation is 1. The van der Waals surface area contributed by atoms with E-state index < -0.39 is 0 Å². The number of benzene rings is 2. The fourth-order valence-corrected chi connectivity index (χ4v) is 3.28. The standard InChI is InChI=1S/C20H18FN3O/c1-2-13-3-5-14(6-4-13)17-11-19(25)23-20-18(17)12-22-24(20)16-9-7-15(21)8-10-16/h3-10,12,17H,2,11H2,1H3,(H,23,25)/t17-/m0/s1. The van der Waals surface area contributed by atoms with E-state index in [0.29, 0.717) is 17.9 Å². The first kappa shape index (κ1) is 15.6. The number of halogens is 1. The quantitative estimate of drug-likeness (QED) is 0.785. The number of carbonyl (C=O) groups is 1. The lowest BCUT2D eigenvalue weighted by atomic mass is 9.87. The molecule has 0 fully saturated rings. The van der Waals surface area contributed by atoms with Crippen LogP contribution in [0, 0.1) is 5.82 Å². The molecule has 0 spiro atoms. The van der Waals surface area contributed by atoms with Gasteiger partial charge in [-0.1, -0.05) is 31.2 Å². The Labute approximate surface area is 145 Å². The molecule has 4 nitrogen and oxygen atoms in total. The zero-order valence-corrected chi connectivity index (χ0v) is 13.9. The fraction of sp³-hybridized carbons (Fsp3) is 0.200. The molecule has 1 aromatic heterocycles. The smallest absolute Gasteiger partial charge is 0.226 e. The van der Waals surface area contributed by atoms with Crippen LogP contribution in [-0.4, -0.2) is 15.7 Å². The number of amides is 1. The van der Waals surface area contributed by atoms with Gasteiger partial charge in [-0.05, 0) is 41.8 Å². The van der Waals surface area contributed by atoms with E-state index in [9.17, 15) is 9.18 Å². The SMILES string of the molecule is CCc1ccc([C@@H]2CC(=O)Nc3c2cnn3-c2ccc(F)cc2)cc1. The van der Waals surface area contributed by atoms with Crippen molar-refractivity contribution >= 4 is 11.7 Å². The molecule has 25 heavy (non-hydrogen) atoms. The predicted molar refractivity (Wildman–Crippen MR) is 94.4 cm³/mol. The van der Waals surface area contributed by atoms with Crippen molar-refractivity contribution in [3.8, 4) is 5.69 Å². The summed E-state index contributed by atoms with van der Waals surface area (Å²) in [5.41, 5.74) is 4.07. The van der Waals surface area contributed by atoms with Crippen molar-refractivity contribution < 1.29 is 9.18 Å². The average Bonchev–Trinajstić information content (AvgIpc) is 3.05. The van der Waals surface area contributed by atoms with Crippen LogP contribution in [0.5, 0.6) is 0 Å². The van der Waals surface area contributed by atoms with E-state index >= 15 is 0 Å². The highest BCUT2D eigenvalue weighted by Crippen LogP contribution is 2.38. The number of nitrogens with zero attached hydrogens (tertiary/aromatic N) is 2. The number of anilines is 1. The minimum absolute atomic E-state index is 0.0242. The van der Waals surface area contributed by atoms with Gasteiger partial charge in [0.15, 0.2) is 0 Å². The second-order valence-corrected chi connectivity index (χ2v) is 6.24. The first-order valence-electron chi connectivity index (χ1n) is 8.38. The maximum Gasteiger partial charge on any atom is 0.226 e. The summed E-state index contributed by atoms with van der Waals surface area (Å²) in [7, 11) is 0. The van der Waals surface area contributed by atoms with Crippen molar-refractivity contribution in [2.75, 3.05) is 5.32 Å². The van der Waals surface area contributed by atoms with E-state index in [1.54, 1.807) is 23.0 Å². The third kappa shape index (κ3) is 2.82. The molecular formula is C20H18FN3O. The highest BCUT2D eigenvalue weighted by atomic mass is 19.1. The predicted octanol–water partition coefficient (Wildman–Crippen LogP) is 4.05. The molecule has 1 N–H and O–H groups in total. The lowest BCUT2D eigenvalue weighted by molar-refractivity contribution is -0.116. The van der Waals surface area contributed by atoms with Crippen LogP contribution in [-0.2, 0) is 11.2 Å². The monoisotopic (exact) mass is 335 g/mol. The van der Waals surface area contributed by atoms with Gasteiger partial charge in [-0.2, -0.15) is 5.10 Å². The van der Waals surface area contributed by atoms with Gasteiger partial charge in [0.05, 0.1) is 11.9 Å². The van der Waals surface area contributed by atoms with Crippen molar-refractivity contribution in [2.45, 2.75) is 25.7 Å². The lowest BCUT2D eigenvalue weighted by Crippen LogP contribution is -2.24. The van der Waals surface area contributed by atoms with Gasteiger partial charge in [0.25, 0.3) is 0 Å². The van der Waals surface area contributed by atoms with Crippen molar-refractivity contribution in [3.05, 3.63) is 77.2 Å². The van der Waals surface area contributed by atoms with Gasteiger partial charge < -0.3 is 5.32 Å². The van der Waals surface area contributed by atoms with Gasteiger partial charge in [-0.3, -0.25) is 4.79 Å².